The summed E-state index contributed by atoms with van der Waals surface area (Å²) >= 11 is 0. The quantitative estimate of drug-likeness (QED) is 0.500. The second-order valence-corrected chi connectivity index (χ2v) is 6.53. The Morgan fingerprint density at radius 1 is 1.10 bits per heavy atom. The molecule has 0 amide bonds. The number of hydrogen-bond acceptors (Lipinski definition) is 7. The summed E-state index contributed by atoms with van der Waals surface area (Å²) in [7, 11) is 2.99. The summed E-state index contributed by atoms with van der Waals surface area (Å²) in [6, 6.07) is 9.57. The molecule has 1 aromatic heterocycles. The fourth-order valence-electron chi connectivity index (χ4n) is 2.80. The number of nitrogens with zero attached hydrogens (tertiary/aromatic N) is 2. The first-order valence-corrected chi connectivity index (χ1v) is 9.13. The zero-order valence-electron chi connectivity index (χ0n) is 16.9. The van der Waals surface area contributed by atoms with Gasteiger partial charge in [0.2, 0.25) is 5.82 Å². The molecule has 31 heavy (non-hydrogen) atoms. The van der Waals surface area contributed by atoms with Crippen molar-refractivity contribution in [3.63, 3.8) is 0 Å². The van der Waals surface area contributed by atoms with Crippen LogP contribution in [0.2, 0.25) is 0 Å². The molecule has 0 fully saturated rings. The summed E-state index contributed by atoms with van der Waals surface area (Å²) in [5.74, 6) is 0.375. The molecular formula is C21H19F3N2O5. The van der Waals surface area contributed by atoms with Crippen molar-refractivity contribution >= 4 is 5.97 Å². The Kier molecular flexibility index (Phi) is 6.47. The van der Waals surface area contributed by atoms with Gasteiger partial charge in [0, 0.05) is 5.56 Å². The third-order valence-electron chi connectivity index (χ3n) is 4.34. The second-order valence-electron chi connectivity index (χ2n) is 6.53. The van der Waals surface area contributed by atoms with Crippen molar-refractivity contribution in [3.05, 3.63) is 59.5 Å². The van der Waals surface area contributed by atoms with Gasteiger partial charge in [0.1, 0.15) is 0 Å². The number of aromatic nitrogens is 2. The lowest BCUT2D eigenvalue weighted by Crippen LogP contribution is -2.12. The minimum atomic E-state index is -4.49. The first-order valence-electron chi connectivity index (χ1n) is 9.13. The minimum absolute atomic E-state index is 0.0342. The molecule has 0 saturated heterocycles. The maximum absolute atomic E-state index is 12.9. The molecule has 0 N–H and O–H groups in total. The van der Waals surface area contributed by atoms with Crippen LogP contribution in [0.4, 0.5) is 13.2 Å². The maximum Gasteiger partial charge on any atom is 0.416 e. The molecule has 0 aliphatic rings. The monoisotopic (exact) mass is 436 g/mol. The zero-order valence-corrected chi connectivity index (χ0v) is 16.9. The van der Waals surface area contributed by atoms with Gasteiger partial charge in [-0.1, -0.05) is 23.4 Å². The smallest absolute Gasteiger partial charge is 0.416 e. The molecule has 1 heterocycles. The van der Waals surface area contributed by atoms with Crippen LogP contribution in [0.5, 0.6) is 11.5 Å². The van der Waals surface area contributed by atoms with Crippen molar-refractivity contribution in [2.45, 2.75) is 25.6 Å². The summed E-state index contributed by atoms with van der Waals surface area (Å²) in [5.41, 5.74) is -0.0514. The maximum atomic E-state index is 12.9. The molecule has 164 valence electrons. The van der Waals surface area contributed by atoms with Crippen LogP contribution in [-0.4, -0.2) is 30.3 Å². The number of rotatable bonds is 7. The third-order valence-corrected chi connectivity index (χ3v) is 4.34. The standard InChI is InChI=1S/C21H19F3N2O5/c1-12(30-18(27)10-13-7-8-16(28-2)17(9-13)29-3)20-25-19(26-31-20)14-5-4-6-15(11-14)21(22,23)24/h4-9,11-12H,10H2,1-3H3. The Morgan fingerprint density at radius 3 is 2.52 bits per heavy atom. The summed E-state index contributed by atoms with van der Waals surface area (Å²) < 4.78 is 59.4. The highest BCUT2D eigenvalue weighted by molar-refractivity contribution is 5.73. The van der Waals surface area contributed by atoms with Crippen LogP contribution >= 0.6 is 0 Å². The molecule has 0 radical (unpaired) electrons. The van der Waals surface area contributed by atoms with Crippen LogP contribution < -0.4 is 9.47 Å². The van der Waals surface area contributed by atoms with Gasteiger partial charge in [0.15, 0.2) is 17.6 Å². The fraction of sp³-hybridized carbons (Fsp3) is 0.286. The van der Waals surface area contributed by atoms with Crippen molar-refractivity contribution in [3.8, 4) is 22.9 Å². The number of halogens is 3. The number of methoxy groups -OCH3 is 2. The summed E-state index contributed by atoms with van der Waals surface area (Å²) in [6.07, 6.45) is -5.42. The zero-order chi connectivity index (χ0) is 22.6. The van der Waals surface area contributed by atoms with E-state index in [1.54, 1.807) is 18.2 Å². The number of benzene rings is 2. The van der Waals surface area contributed by atoms with Crippen molar-refractivity contribution in [1.29, 1.82) is 0 Å². The molecule has 3 rings (SSSR count). The van der Waals surface area contributed by atoms with Gasteiger partial charge in [0.05, 0.1) is 26.2 Å². The summed E-state index contributed by atoms with van der Waals surface area (Å²) in [5, 5.41) is 3.69. The topological polar surface area (TPSA) is 83.7 Å². The SMILES string of the molecule is COc1ccc(CC(=O)OC(C)c2nc(-c3cccc(C(F)(F)F)c3)no2)cc1OC. The first-order chi connectivity index (χ1) is 14.7. The number of alkyl halides is 3. The first kappa shape index (κ1) is 22.1. The second kappa shape index (κ2) is 9.07. The Morgan fingerprint density at radius 2 is 1.84 bits per heavy atom. The van der Waals surface area contributed by atoms with Crippen molar-refractivity contribution in [2.24, 2.45) is 0 Å². The largest absolute Gasteiger partial charge is 0.493 e. The van der Waals surface area contributed by atoms with E-state index in [1.807, 2.05) is 0 Å². The number of hydrogen-bond donors (Lipinski definition) is 0. The molecule has 0 aliphatic heterocycles. The van der Waals surface area contributed by atoms with Crippen LogP contribution in [-0.2, 0) is 22.1 Å². The minimum Gasteiger partial charge on any atom is -0.493 e. The average Bonchev–Trinajstić information content (AvgIpc) is 3.23. The molecule has 7 nitrogen and oxygen atoms in total. The van der Waals surface area contributed by atoms with Crippen molar-refractivity contribution < 1.29 is 36.7 Å². The molecular weight excluding hydrogens is 417 g/mol. The molecule has 1 unspecified atom stereocenters. The summed E-state index contributed by atoms with van der Waals surface area (Å²) in [6.45, 7) is 1.52. The number of esters is 1. The van der Waals surface area contributed by atoms with E-state index in [9.17, 15) is 18.0 Å². The Bertz CT molecular complexity index is 1070. The van der Waals surface area contributed by atoms with Crippen molar-refractivity contribution in [2.75, 3.05) is 14.2 Å². The average molecular weight is 436 g/mol. The Labute approximate surface area is 175 Å². The van der Waals surface area contributed by atoms with Gasteiger partial charge >= 0.3 is 12.1 Å². The summed E-state index contributed by atoms with van der Waals surface area (Å²) in [4.78, 5) is 16.3. The van der Waals surface area contributed by atoms with E-state index in [-0.39, 0.29) is 23.7 Å². The Hall–Kier alpha value is -3.56. The molecule has 2 aromatic carbocycles. The van der Waals surface area contributed by atoms with Gasteiger partial charge in [-0.2, -0.15) is 18.2 Å². The van der Waals surface area contributed by atoms with Gasteiger partial charge < -0.3 is 18.7 Å². The normalized spacial score (nSPS) is 12.3. The van der Waals surface area contributed by atoms with Gasteiger partial charge in [0.25, 0.3) is 5.89 Å². The lowest BCUT2D eigenvalue weighted by Gasteiger charge is -2.11. The molecule has 1 atom stereocenters. The van der Waals surface area contributed by atoms with Gasteiger partial charge in [-0.3, -0.25) is 4.79 Å². The van der Waals surface area contributed by atoms with Crippen molar-refractivity contribution in [1.82, 2.24) is 10.1 Å². The van der Waals surface area contributed by atoms with E-state index in [2.05, 4.69) is 10.1 Å². The predicted molar refractivity (Wildman–Crippen MR) is 102 cm³/mol. The molecule has 0 aliphatic carbocycles. The molecule has 0 spiro atoms. The lowest BCUT2D eigenvalue weighted by molar-refractivity contribution is -0.149. The van der Waals surface area contributed by atoms with E-state index in [4.69, 9.17) is 18.7 Å². The van der Waals surface area contributed by atoms with Crippen LogP contribution in [0.3, 0.4) is 0 Å². The number of carbonyl (C=O) groups excluding carboxylic acids is 1. The molecule has 10 heteroatoms. The van der Waals surface area contributed by atoms with Gasteiger partial charge in [-0.05, 0) is 36.8 Å². The molecule has 3 aromatic rings. The van der Waals surface area contributed by atoms with E-state index < -0.39 is 23.8 Å². The molecule has 0 saturated carbocycles. The predicted octanol–water partition coefficient (Wildman–Crippen LogP) is 4.62. The Balaban J connectivity index is 1.67. The highest BCUT2D eigenvalue weighted by atomic mass is 19.4. The van der Waals surface area contributed by atoms with Gasteiger partial charge in [-0.15, -0.1) is 0 Å². The van der Waals surface area contributed by atoms with E-state index in [0.29, 0.717) is 17.1 Å². The van der Waals surface area contributed by atoms with Crippen LogP contribution in [0.15, 0.2) is 47.0 Å². The van der Waals surface area contributed by atoms with Gasteiger partial charge in [-0.25, -0.2) is 0 Å². The third kappa shape index (κ3) is 5.33. The van der Waals surface area contributed by atoms with Crippen LogP contribution in [0.25, 0.3) is 11.4 Å². The van der Waals surface area contributed by atoms with E-state index in [1.165, 1.54) is 33.3 Å². The lowest BCUT2D eigenvalue weighted by atomic mass is 10.1. The van der Waals surface area contributed by atoms with Crippen LogP contribution in [0, 0.1) is 0 Å². The number of ether oxygens (including phenoxy) is 3. The van der Waals surface area contributed by atoms with E-state index >= 15 is 0 Å². The highest BCUT2D eigenvalue weighted by Gasteiger charge is 2.31. The van der Waals surface area contributed by atoms with Crippen LogP contribution in [0.1, 0.15) is 30.0 Å². The highest BCUT2D eigenvalue weighted by Crippen LogP contribution is 2.32. The fourth-order valence-corrected chi connectivity index (χ4v) is 2.80. The van der Waals surface area contributed by atoms with E-state index in [0.717, 1.165) is 12.1 Å². The molecule has 0 bridgehead atoms. The number of carbonyl (C=O) groups is 1.